The number of anilines is 1. The summed E-state index contributed by atoms with van der Waals surface area (Å²) in [5.74, 6) is 0. The molecule has 0 unspecified atom stereocenters. The summed E-state index contributed by atoms with van der Waals surface area (Å²) in [5, 5.41) is 17.8. The van der Waals surface area contributed by atoms with E-state index in [1.807, 2.05) is 37.4 Å². The second-order valence-electron chi connectivity index (χ2n) is 3.82. The fraction of sp³-hybridized carbons (Fsp3) is 0.154. The van der Waals surface area contributed by atoms with Crippen molar-refractivity contribution in [2.45, 2.75) is 11.9 Å². The average Bonchev–Trinajstić information content (AvgIpc) is 2.39. The maximum Gasteiger partial charge on any atom is 0.138 e. The van der Waals surface area contributed by atoms with Crippen molar-refractivity contribution in [3.63, 3.8) is 0 Å². The Balaban J connectivity index is 2.60. The third kappa shape index (κ3) is 2.15. The fourth-order valence-corrected chi connectivity index (χ4v) is 2.09. The van der Waals surface area contributed by atoms with Gasteiger partial charge in [-0.05, 0) is 13.2 Å². The first-order chi connectivity index (χ1) is 8.67. The van der Waals surface area contributed by atoms with E-state index in [1.54, 1.807) is 0 Å². The van der Waals surface area contributed by atoms with Crippen molar-refractivity contribution >= 4 is 17.4 Å². The van der Waals surface area contributed by atoms with Crippen molar-refractivity contribution in [3.8, 4) is 17.3 Å². The van der Waals surface area contributed by atoms with E-state index in [0.29, 0.717) is 22.0 Å². The quantitative estimate of drug-likeness (QED) is 0.836. The van der Waals surface area contributed by atoms with Crippen molar-refractivity contribution in [1.82, 2.24) is 10.2 Å². The lowest BCUT2D eigenvalue weighted by molar-refractivity contribution is 0.931. The number of benzene rings is 1. The van der Waals surface area contributed by atoms with E-state index < -0.39 is 0 Å². The molecule has 0 bridgehead atoms. The van der Waals surface area contributed by atoms with Gasteiger partial charge in [0.2, 0.25) is 0 Å². The molecule has 0 aliphatic heterocycles. The van der Waals surface area contributed by atoms with Crippen LogP contribution in [0.3, 0.4) is 0 Å². The molecule has 0 amide bonds. The van der Waals surface area contributed by atoms with Gasteiger partial charge in [0, 0.05) is 5.56 Å². The van der Waals surface area contributed by atoms with E-state index in [4.69, 9.17) is 11.0 Å². The van der Waals surface area contributed by atoms with Gasteiger partial charge in [-0.3, -0.25) is 0 Å². The largest absolute Gasteiger partial charge is 0.396 e. The first-order valence-corrected chi connectivity index (χ1v) is 6.57. The second-order valence-corrected chi connectivity index (χ2v) is 4.62. The van der Waals surface area contributed by atoms with Gasteiger partial charge in [0.1, 0.15) is 22.4 Å². The third-order valence-electron chi connectivity index (χ3n) is 2.61. The van der Waals surface area contributed by atoms with E-state index in [0.717, 1.165) is 11.1 Å². The topological polar surface area (TPSA) is 75.6 Å². The molecule has 0 saturated heterocycles. The molecule has 5 heteroatoms. The van der Waals surface area contributed by atoms with Crippen molar-refractivity contribution in [3.05, 3.63) is 35.4 Å². The number of nitrogen functional groups attached to an aromatic ring is 1. The molecule has 0 aliphatic rings. The molecule has 1 aromatic heterocycles. The van der Waals surface area contributed by atoms with Crippen LogP contribution in [-0.4, -0.2) is 16.5 Å². The normalized spacial score (nSPS) is 10.1. The molecule has 2 rings (SSSR count). The summed E-state index contributed by atoms with van der Waals surface area (Å²) in [6.07, 6.45) is 1.84. The van der Waals surface area contributed by atoms with E-state index in [2.05, 4.69) is 16.3 Å². The average molecular weight is 256 g/mol. The maximum absolute atomic E-state index is 9.13. The summed E-state index contributed by atoms with van der Waals surface area (Å²) in [5.41, 5.74) is 9.38. The number of nitriles is 1. The van der Waals surface area contributed by atoms with Crippen LogP contribution in [0.5, 0.6) is 0 Å². The Morgan fingerprint density at radius 1 is 1.22 bits per heavy atom. The number of aryl methyl sites for hydroxylation is 1. The van der Waals surface area contributed by atoms with Crippen LogP contribution in [-0.2, 0) is 0 Å². The molecule has 0 radical (unpaired) electrons. The van der Waals surface area contributed by atoms with E-state index in [9.17, 15) is 0 Å². The number of nitrogens with two attached hydrogens (primary N) is 1. The highest BCUT2D eigenvalue weighted by atomic mass is 32.2. The summed E-state index contributed by atoms with van der Waals surface area (Å²) >= 11 is 1.36. The molecule has 18 heavy (non-hydrogen) atoms. The molecular formula is C13H12N4S. The molecular weight excluding hydrogens is 244 g/mol. The highest BCUT2D eigenvalue weighted by Gasteiger charge is 2.14. The van der Waals surface area contributed by atoms with Gasteiger partial charge in [-0.2, -0.15) is 5.26 Å². The minimum atomic E-state index is 0.390. The summed E-state index contributed by atoms with van der Waals surface area (Å²) in [6.45, 7) is 2.01. The zero-order valence-corrected chi connectivity index (χ0v) is 11.0. The van der Waals surface area contributed by atoms with Crippen molar-refractivity contribution in [2.75, 3.05) is 12.0 Å². The summed E-state index contributed by atoms with van der Waals surface area (Å²) in [6, 6.07) is 9.89. The smallest absolute Gasteiger partial charge is 0.138 e. The Morgan fingerprint density at radius 2 is 1.89 bits per heavy atom. The number of hydrogen-bond acceptors (Lipinski definition) is 5. The Labute approximate surface area is 110 Å². The molecule has 0 aliphatic carbocycles. The molecule has 1 heterocycles. The first kappa shape index (κ1) is 12.4. The third-order valence-corrected chi connectivity index (χ3v) is 3.28. The van der Waals surface area contributed by atoms with Gasteiger partial charge in [0.25, 0.3) is 0 Å². The monoisotopic (exact) mass is 256 g/mol. The standard InChI is InChI=1S/C13H12N4S/c1-8-3-5-9(6-4-8)12-11(15)10(7-14)13(18-2)17-16-12/h3-6H,1-2H3,(H2,15,17). The van der Waals surface area contributed by atoms with Crippen LogP contribution in [0, 0.1) is 18.3 Å². The first-order valence-electron chi connectivity index (χ1n) is 5.34. The predicted octanol–water partition coefficient (Wildman–Crippen LogP) is 2.63. The highest BCUT2D eigenvalue weighted by molar-refractivity contribution is 7.98. The molecule has 0 saturated carbocycles. The van der Waals surface area contributed by atoms with Crippen LogP contribution in [0.4, 0.5) is 5.69 Å². The summed E-state index contributed by atoms with van der Waals surface area (Å²) in [4.78, 5) is 0. The maximum atomic E-state index is 9.13. The van der Waals surface area contributed by atoms with Crippen LogP contribution in [0.15, 0.2) is 29.3 Å². The van der Waals surface area contributed by atoms with Gasteiger partial charge in [-0.15, -0.1) is 22.0 Å². The molecule has 90 valence electrons. The lowest BCUT2D eigenvalue weighted by Gasteiger charge is -2.08. The minimum Gasteiger partial charge on any atom is -0.396 e. The summed E-state index contributed by atoms with van der Waals surface area (Å²) in [7, 11) is 0. The molecule has 0 fully saturated rings. The highest BCUT2D eigenvalue weighted by Crippen LogP contribution is 2.30. The Bertz CT molecular complexity index is 614. The van der Waals surface area contributed by atoms with Crippen molar-refractivity contribution in [1.29, 1.82) is 5.26 Å². The predicted molar refractivity (Wildman–Crippen MR) is 73.1 cm³/mol. The zero-order chi connectivity index (χ0) is 13.1. The van der Waals surface area contributed by atoms with Crippen molar-refractivity contribution in [2.24, 2.45) is 0 Å². The van der Waals surface area contributed by atoms with Gasteiger partial charge in [0.05, 0.1) is 5.69 Å². The molecule has 0 atom stereocenters. The van der Waals surface area contributed by atoms with Gasteiger partial charge in [-0.1, -0.05) is 29.8 Å². The minimum absolute atomic E-state index is 0.390. The van der Waals surface area contributed by atoms with E-state index in [-0.39, 0.29) is 0 Å². The summed E-state index contributed by atoms with van der Waals surface area (Å²) < 4.78 is 0. The lowest BCUT2D eigenvalue weighted by Crippen LogP contribution is -2.02. The molecule has 1 aromatic carbocycles. The number of nitrogens with zero attached hydrogens (tertiary/aromatic N) is 3. The fourth-order valence-electron chi connectivity index (χ4n) is 1.61. The molecule has 0 spiro atoms. The van der Waals surface area contributed by atoms with E-state index in [1.165, 1.54) is 11.8 Å². The van der Waals surface area contributed by atoms with Crippen LogP contribution >= 0.6 is 11.8 Å². The number of aromatic nitrogens is 2. The molecule has 2 N–H and O–H groups in total. The van der Waals surface area contributed by atoms with Crippen molar-refractivity contribution < 1.29 is 0 Å². The van der Waals surface area contributed by atoms with Gasteiger partial charge < -0.3 is 5.73 Å². The Kier molecular flexibility index (Phi) is 3.49. The van der Waals surface area contributed by atoms with Gasteiger partial charge >= 0.3 is 0 Å². The second kappa shape index (κ2) is 5.07. The Hall–Kier alpha value is -2.06. The van der Waals surface area contributed by atoms with Gasteiger partial charge in [0.15, 0.2) is 0 Å². The van der Waals surface area contributed by atoms with E-state index >= 15 is 0 Å². The van der Waals surface area contributed by atoms with Crippen LogP contribution in [0.1, 0.15) is 11.1 Å². The van der Waals surface area contributed by atoms with Crippen LogP contribution in [0.25, 0.3) is 11.3 Å². The number of thioether (sulfide) groups is 1. The molecule has 4 nitrogen and oxygen atoms in total. The van der Waals surface area contributed by atoms with Gasteiger partial charge in [-0.25, -0.2) is 0 Å². The molecule has 2 aromatic rings. The van der Waals surface area contributed by atoms with Crippen LogP contribution < -0.4 is 5.73 Å². The Morgan fingerprint density at radius 3 is 2.44 bits per heavy atom. The zero-order valence-electron chi connectivity index (χ0n) is 10.1. The van der Waals surface area contributed by atoms with Crippen LogP contribution in [0.2, 0.25) is 0 Å². The number of rotatable bonds is 2. The lowest BCUT2D eigenvalue weighted by atomic mass is 10.1. The number of hydrogen-bond donors (Lipinski definition) is 1. The SMILES string of the molecule is CSc1nnc(-c2ccc(C)cc2)c(N)c1C#N.